The van der Waals surface area contributed by atoms with Crippen molar-refractivity contribution in [3.05, 3.63) is 0 Å². The molecular weight excluding hydrogens is 596 g/mol. The summed E-state index contributed by atoms with van der Waals surface area (Å²) >= 11 is 0. The van der Waals surface area contributed by atoms with Gasteiger partial charge in [-0.05, 0) is 86.5 Å². The molecule has 10 nitrogen and oxygen atoms in total. The maximum absolute atomic E-state index is 13.7. The number of esters is 2. The maximum Gasteiger partial charge on any atom is 0.336 e. The van der Waals surface area contributed by atoms with Crippen LogP contribution in [0, 0.1) is 0 Å². The zero-order chi connectivity index (χ0) is 35.5. The Morgan fingerprint density at radius 2 is 1.23 bits per heavy atom. The fourth-order valence-electron chi connectivity index (χ4n) is 6.08. The molecule has 0 aromatic heterocycles. The predicted molar refractivity (Wildman–Crippen MR) is 188 cm³/mol. The molecule has 0 aromatic carbocycles. The third-order valence-electron chi connectivity index (χ3n) is 8.63. The average molecular weight is 667 g/mol. The first-order valence-electron chi connectivity index (χ1n) is 18.6. The molecule has 0 saturated carbocycles. The minimum Gasteiger partial charge on any atom is -0.460 e. The summed E-state index contributed by atoms with van der Waals surface area (Å²) in [6, 6.07) is -0.238. The third kappa shape index (κ3) is 18.2. The molecule has 1 aliphatic heterocycles. The number of ether oxygens (including phenoxy) is 2. The van der Waals surface area contributed by atoms with E-state index in [0.29, 0.717) is 25.8 Å². The maximum atomic E-state index is 13.7. The second-order valence-corrected chi connectivity index (χ2v) is 15.6. The standard InChI is InChI=1S/C37H70N4O6/c1-8-9-10-11-12-13-14-15-16-17-18-19-25-31(42)40-28-23-21-24-30(40)29-41(39)33(44)37(38,34(45)47-36(5,6)7)27-22-20-26-32(43)46-35(2,3)4/h30H,8-29,38-39H2,1-7H3. The monoisotopic (exact) mass is 667 g/mol. The molecule has 47 heavy (non-hydrogen) atoms. The molecule has 0 aromatic rings. The molecule has 2 unspecified atom stereocenters. The van der Waals surface area contributed by atoms with Crippen LogP contribution < -0.4 is 11.6 Å². The number of nitrogens with two attached hydrogens (primary N) is 2. The summed E-state index contributed by atoms with van der Waals surface area (Å²) in [5.74, 6) is 4.46. The number of unbranched alkanes of at least 4 members (excludes halogenated alkanes) is 12. The lowest BCUT2D eigenvalue weighted by molar-refractivity contribution is -0.168. The molecule has 2 amide bonds. The molecule has 1 aliphatic rings. The Hall–Kier alpha value is -2.20. The fourth-order valence-corrected chi connectivity index (χ4v) is 6.08. The van der Waals surface area contributed by atoms with Crippen molar-refractivity contribution in [1.82, 2.24) is 9.91 Å². The summed E-state index contributed by atoms with van der Waals surface area (Å²) in [6.45, 7) is 13.5. The molecule has 2 atom stereocenters. The number of hydrogen-bond acceptors (Lipinski definition) is 8. The molecule has 10 heteroatoms. The first kappa shape index (κ1) is 42.8. The molecule has 0 radical (unpaired) electrons. The molecule has 0 aliphatic carbocycles. The summed E-state index contributed by atoms with van der Waals surface area (Å²) < 4.78 is 10.9. The molecule has 1 heterocycles. The van der Waals surface area contributed by atoms with Crippen LogP contribution in [0.15, 0.2) is 0 Å². The van der Waals surface area contributed by atoms with E-state index in [1.54, 1.807) is 41.5 Å². The highest BCUT2D eigenvalue weighted by molar-refractivity contribution is 6.07. The van der Waals surface area contributed by atoms with Crippen LogP contribution in [0.4, 0.5) is 0 Å². The quantitative estimate of drug-likeness (QED) is 0.0311. The number of likely N-dealkylation sites (tertiary alicyclic amines) is 1. The van der Waals surface area contributed by atoms with Gasteiger partial charge >= 0.3 is 11.9 Å². The third-order valence-corrected chi connectivity index (χ3v) is 8.63. The van der Waals surface area contributed by atoms with Gasteiger partial charge in [0.05, 0.1) is 12.6 Å². The smallest absolute Gasteiger partial charge is 0.336 e. The van der Waals surface area contributed by atoms with Crippen molar-refractivity contribution >= 4 is 23.8 Å². The Bertz CT molecular complexity index is 944. The van der Waals surface area contributed by atoms with Crippen molar-refractivity contribution < 1.29 is 28.7 Å². The van der Waals surface area contributed by atoms with Gasteiger partial charge < -0.3 is 20.1 Å². The van der Waals surface area contributed by atoms with Crippen LogP contribution >= 0.6 is 0 Å². The van der Waals surface area contributed by atoms with Crippen LogP contribution in [-0.2, 0) is 28.7 Å². The minimum absolute atomic E-state index is 0.0382. The van der Waals surface area contributed by atoms with Gasteiger partial charge in [0, 0.05) is 19.4 Å². The number of rotatable bonds is 22. The van der Waals surface area contributed by atoms with Crippen molar-refractivity contribution in [2.45, 2.75) is 200 Å². The van der Waals surface area contributed by atoms with E-state index in [-0.39, 0.29) is 37.3 Å². The SMILES string of the molecule is CCCCCCCCCCCCCCC(=O)N1CCCCC1CN(N)C(=O)C(N)(CCCCC(=O)OC(C)(C)C)C(=O)OC(C)(C)C. The molecule has 4 N–H and O–H groups in total. The number of hydrazine groups is 1. The van der Waals surface area contributed by atoms with Gasteiger partial charge in [0.15, 0.2) is 5.54 Å². The van der Waals surface area contributed by atoms with Crippen LogP contribution in [0.5, 0.6) is 0 Å². The molecule has 0 bridgehead atoms. The average Bonchev–Trinajstić information content (AvgIpc) is 2.97. The normalized spacial score (nSPS) is 16.8. The first-order chi connectivity index (χ1) is 22.0. The second kappa shape index (κ2) is 21.7. The van der Waals surface area contributed by atoms with Gasteiger partial charge in [0.25, 0.3) is 5.91 Å². The Morgan fingerprint density at radius 3 is 1.77 bits per heavy atom. The topological polar surface area (TPSA) is 145 Å². The van der Waals surface area contributed by atoms with E-state index in [2.05, 4.69) is 6.92 Å². The zero-order valence-corrected chi connectivity index (χ0v) is 31.1. The number of hydrogen-bond donors (Lipinski definition) is 2. The van der Waals surface area contributed by atoms with Gasteiger partial charge in [-0.25, -0.2) is 10.6 Å². The van der Waals surface area contributed by atoms with Gasteiger partial charge in [-0.1, -0.05) is 77.6 Å². The Balaban J connectivity index is 2.67. The van der Waals surface area contributed by atoms with E-state index in [9.17, 15) is 19.2 Å². The number of nitrogens with zero attached hydrogens (tertiary/aromatic N) is 2. The number of piperidine rings is 1. The van der Waals surface area contributed by atoms with E-state index >= 15 is 0 Å². The summed E-state index contributed by atoms with van der Waals surface area (Å²) in [5, 5.41) is 0.998. The molecular formula is C37H70N4O6. The van der Waals surface area contributed by atoms with Crippen molar-refractivity contribution in [2.75, 3.05) is 13.1 Å². The van der Waals surface area contributed by atoms with E-state index < -0.39 is 28.6 Å². The van der Waals surface area contributed by atoms with Gasteiger partial charge in [-0.3, -0.25) is 19.4 Å². The lowest BCUT2D eigenvalue weighted by Gasteiger charge is -2.39. The van der Waals surface area contributed by atoms with Crippen molar-refractivity contribution in [1.29, 1.82) is 0 Å². The van der Waals surface area contributed by atoms with Gasteiger partial charge in [-0.2, -0.15) is 0 Å². The summed E-state index contributed by atoms with van der Waals surface area (Å²) in [4.78, 5) is 54.3. The summed E-state index contributed by atoms with van der Waals surface area (Å²) in [6.07, 6.45) is 18.8. The fraction of sp³-hybridized carbons (Fsp3) is 0.892. The van der Waals surface area contributed by atoms with E-state index in [4.69, 9.17) is 21.1 Å². The number of amides is 2. The lowest BCUT2D eigenvalue weighted by Crippen LogP contribution is -2.65. The summed E-state index contributed by atoms with van der Waals surface area (Å²) in [5.41, 5.74) is 3.05. The van der Waals surface area contributed by atoms with Crippen molar-refractivity contribution in [3.63, 3.8) is 0 Å². The Labute approximate surface area is 286 Å². The highest BCUT2D eigenvalue weighted by Crippen LogP contribution is 2.24. The van der Waals surface area contributed by atoms with Gasteiger partial charge in [-0.15, -0.1) is 0 Å². The van der Waals surface area contributed by atoms with Gasteiger partial charge in [0.2, 0.25) is 5.91 Å². The lowest BCUT2D eigenvalue weighted by atomic mass is 9.91. The van der Waals surface area contributed by atoms with Crippen molar-refractivity contribution in [2.24, 2.45) is 11.6 Å². The van der Waals surface area contributed by atoms with Crippen LogP contribution in [0.2, 0.25) is 0 Å². The zero-order valence-electron chi connectivity index (χ0n) is 31.1. The predicted octanol–water partition coefficient (Wildman–Crippen LogP) is 7.10. The van der Waals surface area contributed by atoms with Crippen LogP contribution in [0.3, 0.4) is 0 Å². The van der Waals surface area contributed by atoms with Crippen LogP contribution in [-0.4, -0.2) is 69.5 Å². The largest absolute Gasteiger partial charge is 0.460 e. The highest BCUT2D eigenvalue weighted by atomic mass is 16.6. The molecule has 274 valence electrons. The summed E-state index contributed by atoms with van der Waals surface area (Å²) in [7, 11) is 0. The second-order valence-electron chi connectivity index (χ2n) is 15.6. The van der Waals surface area contributed by atoms with E-state index in [1.165, 1.54) is 57.8 Å². The van der Waals surface area contributed by atoms with Crippen LogP contribution in [0.1, 0.15) is 177 Å². The molecule has 1 saturated heterocycles. The number of carbonyl (C=O) groups excluding carboxylic acids is 4. The molecule has 0 spiro atoms. The van der Waals surface area contributed by atoms with Crippen LogP contribution in [0.25, 0.3) is 0 Å². The molecule has 1 fully saturated rings. The van der Waals surface area contributed by atoms with Gasteiger partial charge in [0.1, 0.15) is 11.2 Å². The molecule has 1 rings (SSSR count). The van der Waals surface area contributed by atoms with E-state index in [1.807, 2.05) is 4.90 Å². The Morgan fingerprint density at radius 1 is 0.723 bits per heavy atom. The van der Waals surface area contributed by atoms with E-state index in [0.717, 1.165) is 43.5 Å². The van der Waals surface area contributed by atoms with Crippen molar-refractivity contribution in [3.8, 4) is 0 Å². The highest BCUT2D eigenvalue weighted by Gasteiger charge is 2.47. The number of carbonyl (C=O) groups is 4. The Kier molecular flexibility index (Phi) is 19.8. The first-order valence-corrected chi connectivity index (χ1v) is 18.6. The minimum atomic E-state index is -2.02.